The zero-order valence-electron chi connectivity index (χ0n) is 12.3. The zero-order valence-corrected chi connectivity index (χ0v) is 13.0. The molecule has 0 saturated carbocycles. The highest BCUT2D eigenvalue weighted by Crippen LogP contribution is 2.28. The van der Waals surface area contributed by atoms with Gasteiger partial charge < -0.3 is 0 Å². The largest absolute Gasteiger partial charge is 0.281 e. The summed E-state index contributed by atoms with van der Waals surface area (Å²) in [5.41, 5.74) is 2.65. The zero-order chi connectivity index (χ0) is 16.0. The van der Waals surface area contributed by atoms with E-state index in [-0.39, 0.29) is 5.82 Å². The van der Waals surface area contributed by atoms with Crippen molar-refractivity contribution >= 4 is 17.3 Å². The maximum Gasteiger partial charge on any atom is 0.159 e. The van der Waals surface area contributed by atoms with Crippen molar-refractivity contribution in [3.05, 3.63) is 76.1 Å². The lowest BCUT2D eigenvalue weighted by molar-refractivity contribution is 0.625. The lowest BCUT2D eigenvalue weighted by atomic mass is 10.00. The van der Waals surface area contributed by atoms with E-state index in [9.17, 15) is 4.39 Å². The Kier molecular flexibility index (Phi) is 3.23. The lowest BCUT2D eigenvalue weighted by Gasteiger charge is -2.13. The second-order valence-electron chi connectivity index (χ2n) is 5.31. The Morgan fingerprint density at radius 2 is 1.91 bits per heavy atom. The topological polar surface area (TPSA) is 43.1 Å². The third-order valence-electron chi connectivity index (χ3n) is 3.85. The van der Waals surface area contributed by atoms with Crippen LogP contribution in [-0.4, -0.2) is 20.5 Å². The number of benzene rings is 2. The SMILES string of the molecule is Cc1nnc2n1-c1ccc(Cl)cc1C(c1ccccc1F)=NC2. The van der Waals surface area contributed by atoms with Crippen LogP contribution in [0.2, 0.25) is 5.02 Å². The Bertz CT molecular complexity index is 946. The van der Waals surface area contributed by atoms with E-state index >= 15 is 0 Å². The van der Waals surface area contributed by atoms with Crippen LogP contribution in [0, 0.1) is 12.7 Å². The summed E-state index contributed by atoms with van der Waals surface area (Å²) in [7, 11) is 0. The number of fused-ring (bicyclic) bond motifs is 3. The molecule has 114 valence electrons. The first-order valence-electron chi connectivity index (χ1n) is 7.15. The Labute approximate surface area is 137 Å². The van der Waals surface area contributed by atoms with Crippen LogP contribution in [0.5, 0.6) is 0 Å². The highest BCUT2D eigenvalue weighted by molar-refractivity contribution is 6.31. The average Bonchev–Trinajstić information content (AvgIpc) is 2.82. The van der Waals surface area contributed by atoms with Crippen molar-refractivity contribution in [2.24, 2.45) is 4.99 Å². The molecule has 1 aliphatic rings. The quantitative estimate of drug-likeness (QED) is 0.684. The van der Waals surface area contributed by atoms with E-state index in [1.54, 1.807) is 30.3 Å². The molecule has 0 bridgehead atoms. The number of aryl methyl sites for hydroxylation is 1. The summed E-state index contributed by atoms with van der Waals surface area (Å²) in [6.07, 6.45) is 0. The van der Waals surface area contributed by atoms with Crippen LogP contribution in [-0.2, 0) is 6.54 Å². The Hall–Kier alpha value is -2.53. The van der Waals surface area contributed by atoms with Crippen LogP contribution in [0.25, 0.3) is 5.69 Å². The monoisotopic (exact) mass is 326 g/mol. The fourth-order valence-corrected chi connectivity index (χ4v) is 3.01. The van der Waals surface area contributed by atoms with Gasteiger partial charge >= 0.3 is 0 Å². The Morgan fingerprint density at radius 1 is 1.09 bits per heavy atom. The van der Waals surface area contributed by atoms with Gasteiger partial charge in [0.05, 0.1) is 11.4 Å². The van der Waals surface area contributed by atoms with E-state index in [1.165, 1.54) is 6.07 Å². The number of halogens is 2. The first-order chi connectivity index (χ1) is 11.1. The van der Waals surface area contributed by atoms with Gasteiger partial charge in [-0.15, -0.1) is 10.2 Å². The van der Waals surface area contributed by atoms with Crippen molar-refractivity contribution in [3.63, 3.8) is 0 Å². The van der Waals surface area contributed by atoms with Gasteiger partial charge in [-0.3, -0.25) is 9.56 Å². The molecular formula is C17H12ClFN4. The summed E-state index contributed by atoms with van der Waals surface area (Å²) in [6.45, 7) is 2.21. The first-order valence-corrected chi connectivity index (χ1v) is 7.53. The summed E-state index contributed by atoms with van der Waals surface area (Å²) in [6, 6.07) is 12.1. The molecule has 6 heteroatoms. The lowest BCUT2D eigenvalue weighted by Crippen LogP contribution is -2.09. The van der Waals surface area contributed by atoms with Crippen molar-refractivity contribution in [1.82, 2.24) is 14.8 Å². The number of rotatable bonds is 1. The van der Waals surface area contributed by atoms with Crippen LogP contribution in [0.3, 0.4) is 0 Å². The molecule has 0 aliphatic carbocycles. The van der Waals surface area contributed by atoms with Crippen molar-refractivity contribution in [1.29, 1.82) is 0 Å². The van der Waals surface area contributed by atoms with Gasteiger partial charge in [-0.05, 0) is 37.3 Å². The molecule has 0 fully saturated rings. The summed E-state index contributed by atoms with van der Waals surface area (Å²) in [5.74, 6) is 1.16. The molecule has 0 spiro atoms. The molecule has 3 aromatic rings. The van der Waals surface area contributed by atoms with Crippen LogP contribution in [0.4, 0.5) is 4.39 Å². The van der Waals surface area contributed by atoms with Gasteiger partial charge in [0.15, 0.2) is 5.82 Å². The van der Waals surface area contributed by atoms with Gasteiger partial charge in [0, 0.05) is 16.1 Å². The molecular weight excluding hydrogens is 315 g/mol. The third-order valence-corrected chi connectivity index (χ3v) is 4.09. The van der Waals surface area contributed by atoms with Gasteiger partial charge in [0.2, 0.25) is 0 Å². The van der Waals surface area contributed by atoms with Crippen molar-refractivity contribution < 1.29 is 4.39 Å². The van der Waals surface area contributed by atoms with E-state index < -0.39 is 0 Å². The van der Waals surface area contributed by atoms with E-state index in [0.29, 0.717) is 22.8 Å². The number of nitrogens with zero attached hydrogens (tertiary/aromatic N) is 4. The van der Waals surface area contributed by atoms with Gasteiger partial charge in [-0.1, -0.05) is 23.7 Å². The molecule has 4 nitrogen and oxygen atoms in total. The number of hydrogen-bond donors (Lipinski definition) is 0. The van der Waals surface area contributed by atoms with Gasteiger partial charge in [-0.25, -0.2) is 4.39 Å². The normalized spacial score (nSPS) is 13.1. The van der Waals surface area contributed by atoms with Gasteiger partial charge in [0.1, 0.15) is 18.2 Å². The molecule has 2 aromatic carbocycles. The molecule has 0 saturated heterocycles. The predicted molar refractivity (Wildman–Crippen MR) is 86.8 cm³/mol. The van der Waals surface area contributed by atoms with Gasteiger partial charge in [0.25, 0.3) is 0 Å². The number of hydrogen-bond acceptors (Lipinski definition) is 3. The van der Waals surface area contributed by atoms with E-state index in [4.69, 9.17) is 11.6 Å². The summed E-state index contributed by atoms with van der Waals surface area (Å²) >= 11 is 6.17. The minimum atomic E-state index is -0.313. The van der Waals surface area contributed by atoms with E-state index in [0.717, 1.165) is 22.9 Å². The van der Waals surface area contributed by atoms with Crippen LogP contribution < -0.4 is 0 Å². The maximum atomic E-state index is 14.3. The second-order valence-corrected chi connectivity index (χ2v) is 5.74. The minimum absolute atomic E-state index is 0.313. The fourth-order valence-electron chi connectivity index (χ4n) is 2.83. The average molecular weight is 327 g/mol. The Balaban J connectivity index is 2.03. The summed E-state index contributed by atoms with van der Waals surface area (Å²) in [4.78, 5) is 4.59. The van der Waals surface area contributed by atoms with Crippen molar-refractivity contribution in [3.8, 4) is 5.69 Å². The maximum absolute atomic E-state index is 14.3. The highest BCUT2D eigenvalue weighted by Gasteiger charge is 2.23. The van der Waals surface area contributed by atoms with E-state index in [1.807, 2.05) is 17.6 Å². The smallest absolute Gasteiger partial charge is 0.159 e. The first kappa shape index (κ1) is 14.1. The summed E-state index contributed by atoms with van der Waals surface area (Å²) < 4.78 is 16.2. The van der Waals surface area contributed by atoms with Gasteiger partial charge in [-0.2, -0.15) is 0 Å². The number of aromatic nitrogens is 3. The van der Waals surface area contributed by atoms with E-state index in [2.05, 4.69) is 15.2 Å². The fraction of sp³-hybridized carbons (Fsp3) is 0.118. The molecule has 0 radical (unpaired) electrons. The second kappa shape index (κ2) is 5.28. The molecule has 0 N–H and O–H groups in total. The minimum Gasteiger partial charge on any atom is -0.281 e. The highest BCUT2D eigenvalue weighted by atomic mass is 35.5. The molecule has 1 aliphatic heterocycles. The molecule has 1 aromatic heterocycles. The van der Waals surface area contributed by atoms with Crippen molar-refractivity contribution in [2.45, 2.75) is 13.5 Å². The third kappa shape index (κ3) is 2.24. The molecule has 0 atom stereocenters. The predicted octanol–water partition coefficient (Wildman–Crippen LogP) is 3.72. The number of aliphatic imine (C=N–C) groups is 1. The van der Waals surface area contributed by atoms with Crippen LogP contribution in [0.15, 0.2) is 47.5 Å². The van der Waals surface area contributed by atoms with Crippen molar-refractivity contribution in [2.75, 3.05) is 0 Å². The molecule has 23 heavy (non-hydrogen) atoms. The molecule has 0 unspecified atom stereocenters. The Morgan fingerprint density at radius 3 is 2.74 bits per heavy atom. The molecule has 4 rings (SSSR count). The molecule has 0 amide bonds. The molecule has 2 heterocycles. The van der Waals surface area contributed by atoms with Crippen LogP contribution >= 0.6 is 11.6 Å². The summed E-state index contributed by atoms with van der Waals surface area (Å²) in [5, 5.41) is 8.85. The standard InChI is InChI=1S/C17H12ClFN4/c1-10-21-22-16-9-20-17(12-4-2-3-5-14(12)19)13-8-11(18)6-7-15(13)23(10)16/h2-8H,9H2,1H3. The van der Waals surface area contributed by atoms with Crippen LogP contribution in [0.1, 0.15) is 22.8 Å².